The van der Waals surface area contributed by atoms with Crippen molar-refractivity contribution in [3.63, 3.8) is 0 Å². The quantitative estimate of drug-likeness (QED) is 0.384. The van der Waals surface area contributed by atoms with Gasteiger partial charge in [-0.15, -0.1) is 0 Å². The van der Waals surface area contributed by atoms with Crippen LogP contribution in [0.1, 0.15) is 5.56 Å². The van der Waals surface area contributed by atoms with Gasteiger partial charge in [0.15, 0.2) is 5.16 Å². The molecule has 0 radical (unpaired) electrons. The van der Waals surface area contributed by atoms with Gasteiger partial charge in [-0.2, -0.15) is 0 Å². The summed E-state index contributed by atoms with van der Waals surface area (Å²) in [6.07, 6.45) is 6.16. The number of hydrogen-bond donors (Lipinski definition) is 1. The van der Waals surface area contributed by atoms with Gasteiger partial charge in [-0.05, 0) is 30.5 Å². The van der Waals surface area contributed by atoms with Crippen LogP contribution in [-0.4, -0.2) is 34.1 Å². The van der Waals surface area contributed by atoms with Crippen LogP contribution in [0, 0.1) is 0 Å². The summed E-state index contributed by atoms with van der Waals surface area (Å²) in [5.41, 5.74) is 0.541. The molecule has 0 saturated carbocycles. The molecule has 0 atom stereocenters. The molecular weight excluding hydrogens is 364 g/mol. The van der Waals surface area contributed by atoms with Crippen LogP contribution in [0.5, 0.6) is 0 Å². The van der Waals surface area contributed by atoms with Crippen molar-refractivity contribution < 1.29 is 14.4 Å². The molecule has 1 fully saturated rings. The number of benzene rings is 1. The number of rotatable bonds is 3. The van der Waals surface area contributed by atoms with E-state index in [0.29, 0.717) is 15.7 Å². The van der Waals surface area contributed by atoms with Crippen molar-refractivity contribution in [2.24, 2.45) is 0 Å². The number of amides is 4. The highest BCUT2D eigenvalue weighted by Gasteiger charge is 2.36. The van der Waals surface area contributed by atoms with Crippen LogP contribution < -0.4 is 10.2 Å². The van der Waals surface area contributed by atoms with Gasteiger partial charge in [0.2, 0.25) is 0 Å². The van der Waals surface area contributed by atoms with E-state index in [9.17, 15) is 14.4 Å². The van der Waals surface area contributed by atoms with Crippen molar-refractivity contribution in [2.75, 3.05) is 11.2 Å². The summed E-state index contributed by atoms with van der Waals surface area (Å²) < 4.78 is 0. The van der Waals surface area contributed by atoms with Crippen molar-refractivity contribution in [1.82, 2.24) is 15.3 Å². The number of carbonyl (C=O) groups excluding carboxylic acids is 3. The SMILES string of the molecule is CSc1ncc(/C=C2/C(=O)NC(=O)N(c3cccc(Cl)c3)C2=O)cn1. The predicted molar refractivity (Wildman–Crippen MR) is 94.3 cm³/mol. The Labute approximate surface area is 152 Å². The Morgan fingerprint density at radius 3 is 2.56 bits per heavy atom. The molecule has 2 heterocycles. The molecule has 1 aromatic heterocycles. The Balaban J connectivity index is 1.98. The molecule has 0 bridgehead atoms. The second kappa shape index (κ2) is 7.04. The summed E-state index contributed by atoms with van der Waals surface area (Å²) in [6, 6.07) is 5.40. The van der Waals surface area contributed by atoms with Gasteiger partial charge in [0, 0.05) is 23.0 Å². The van der Waals surface area contributed by atoms with Gasteiger partial charge >= 0.3 is 6.03 Å². The van der Waals surface area contributed by atoms with E-state index in [2.05, 4.69) is 15.3 Å². The molecule has 0 unspecified atom stereocenters. The fourth-order valence-corrected chi connectivity index (χ4v) is 2.68. The fourth-order valence-electron chi connectivity index (χ4n) is 2.18. The normalized spacial score (nSPS) is 16.3. The first-order chi connectivity index (χ1) is 12.0. The molecule has 1 saturated heterocycles. The number of barbiturate groups is 1. The molecule has 1 aliphatic heterocycles. The maximum absolute atomic E-state index is 12.7. The van der Waals surface area contributed by atoms with Crippen molar-refractivity contribution in [3.05, 3.63) is 52.8 Å². The molecule has 9 heteroatoms. The second-order valence-electron chi connectivity index (χ2n) is 4.94. The summed E-state index contributed by atoms with van der Waals surface area (Å²) in [4.78, 5) is 45.8. The average Bonchev–Trinajstić information content (AvgIpc) is 2.59. The summed E-state index contributed by atoms with van der Waals surface area (Å²) in [7, 11) is 0. The maximum Gasteiger partial charge on any atom is 0.335 e. The molecule has 1 N–H and O–H groups in total. The highest BCUT2D eigenvalue weighted by atomic mass is 35.5. The number of carbonyl (C=O) groups is 3. The van der Waals surface area contributed by atoms with Crippen LogP contribution in [0.25, 0.3) is 6.08 Å². The third-order valence-electron chi connectivity index (χ3n) is 3.31. The van der Waals surface area contributed by atoms with Crippen molar-refractivity contribution in [3.8, 4) is 0 Å². The maximum atomic E-state index is 12.7. The number of nitrogens with one attached hydrogen (secondary N) is 1. The Kier molecular flexibility index (Phi) is 4.82. The number of halogens is 1. The second-order valence-corrected chi connectivity index (χ2v) is 6.15. The van der Waals surface area contributed by atoms with E-state index in [1.165, 1.54) is 36.3 Å². The van der Waals surface area contributed by atoms with Gasteiger partial charge < -0.3 is 0 Å². The first kappa shape index (κ1) is 17.1. The van der Waals surface area contributed by atoms with Crippen LogP contribution in [0.4, 0.5) is 10.5 Å². The van der Waals surface area contributed by atoms with Crippen LogP contribution in [0.3, 0.4) is 0 Å². The van der Waals surface area contributed by atoms with E-state index in [4.69, 9.17) is 11.6 Å². The molecule has 0 aliphatic carbocycles. The molecule has 126 valence electrons. The Hall–Kier alpha value is -2.71. The number of nitrogens with zero attached hydrogens (tertiary/aromatic N) is 3. The predicted octanol–water partition coefficient (Wildman–Crippen LogP) is 2.52. The number of anilines is 1. The molecule has 7 nitrogen and oxygen atoms in total. The minimum absolute atomic E-state index is 0.194. The fraction of sp³-hybridized carbons (Fsp3) is 0.0625. The number of imide groups is 2. The van der Waals surface area contributed by atoms with E-state index in [1.807, 2.05) is 6.26 Å². The molecule has 1 aromatic carbocycles. The van der Waals surface area contributed by atoms with E-state index >= 15 is 0 Å². The van der Waals surface area contributed by atoms with Gasteiger partial charge in [0.05, 0.1) is 5.69 Å². The first-order valence-electron chi connectivity index (χ1n) is 7.02. The first-order valence-corrected chi connectivity index (χ1v) is 8.63. The van der Waals surface area contributed by atoms with Gasteiger partial charge in [0.25, 0.3) is 11.8 Å². The minimum atomic E-state index is -0.830. The highest BCUT2D eigenvalue weighted by Crippen LogP contribution is 2.24. The monoisotopic (exact) mass is 374 g/mol. The standard InChI is InChI=1S/C16H11ClN4O3S/c1-25-15-18-7-9(8-19-15)5-12-13(22)20-16(24)21(14(12)23)11-4-2-3-10(17)6-11/h2-8H,1H3,(H,20,22,24)/b12-5-. The average molecular weight is 375 g/mol. The van der Waals surface area contributed by atoms with Crippen LogP contribution in [0.15, 0.2) is 47.4 Å². The number of hydrogen-bond acceptors (Lipinski definition) is 6. The minimum Gasteiger partial charge on any atom is -0.273 e. The van der Waals surface area contributed by atoms with E-state index in [1.54, 1.807) is 18.2 Å². The molecule has 4 amide bonds. The smallest absolute Gasteiger partial charge is 0.273 e. The molecule has 2 aromatic rings. The van der Waals surface area contributed by atoms with Gasteiger partial charge in [-0.1, -0.05) is 29.4 Å². The zero-order valence-electron chi connectivity index (χ0n) is 12.9. The van der Waals surface area contributed by atoms with E-state index in [-0.39, 0.29) is 11.3 Å². The van der Waals surface area contributed by atoms with Crippen LogP contribution in [-0.2, 0) is 9.59 Å². The third-order valence-corrected chi connectivity index (χ3v) is 4.12. The summed E-state index contributed by atoms with van der Waals surface area (Å²) >= 11 is 7.28. The van der Waals surface area contributed by atoms with E-state index < -0.39 is 17.8 Å². The van der Waals surface area contributed by atoms with Gasteiger partial charge in [0.1, 0.15) is 5.57 Å². The highest BCUT2D eigenvalue weighted by molar-refractivity contribution is 7.98. The lowest BCUT2D eigenvalue weighted by atomic mass is 10.1. The molecule has 1 aliphatic rings. The molecular formula is C16H11ClN4O3S. The Morgan fingerprint density at radius 2 is 1.92 bits per heavy atom. The van der Waals surface area contributed by atoms with Crippen LogP contribution >= 0.6 is 23.4 Å². The lowest BCUT2D eigenvalue weighted by Crippen LogP contribution is -2.54. The number of aromatic nitrogens is 2. The topological polar surface area (TPSA) is 92.3 Å². The van der Waals surface area contributed by atoms with Gasteiger partial charge in [-0.3, -0.25) is 14.9 Å². The van der Waals surface area contributed by atoms with E-state index in [0.717, 1.165) is 4.90 Å². The van der Waals surface area contributed by atoms with Crippen LogP contribution in [0.2, 0.25) is 5.02 Å². The lowest BCUT2D eigenvalue weighted by molar-refractivity contribution is -0.122. The zero-order chi connectivity index (χ0) is 18.0. The lowest BCUT2D eigenvalue weighted by Gasteiger charge is -2.26. The Bertz CT molecular complexity index is 899. The van der Waals surface area contributed by atoms with Crippen molar-refractivity contribution >= 4 is 53.0 Å². The summed E-state index contributed by atoms with van der Waals surface area (Å²) in [5, 5.41) is 3.07. The number of urea groups is 1. The molecule has 25 heavy (non-hydrogen) atoms. The molecule has 0 spiro atoms. The van der Waals surface area contributed by atoms with Crippen molar-refractivity contribution in [2.45, 2.75) is 5.16 Å². The van der Waals surface area contributed by atoms with Crippen molar-refractivity contribution in [1.29, 1.82) is 0 Å². The summed E-state index contributed by atoms with van der Waals surface area (Å²) in [6.45, 7) is 0. The zero-order valence-corrected chi connectivity index (χ0v) is 14.5. The third kappa shape index (κ3) is 3.54. The largest absolute Gasteiger partial charge is 0.335 e. The number of thioether (sulfide) groups is 1. The van der Waals surface area contributed by atoms with Gasteiger partial charge in [-0.25, -0.2) is 19.7 Å². The summed E-state index contributed by atoms with van der Waals surface area (Å²) in [5.74, 6) is -1.52. The molecule has 3 rings (SSSR count). The Morgan fingerprint density at radius 1 is 1.20 bits per heavy atom.